The zero-order valence-corrected chi connectivity index (χ0v) is 11.1. The van der Waals surface area contributed by atoms with Crippen LogP contribution in [-0.2, 0) is 6.54 Å². The van der Waals surface area contributed by atoms with E-state index >= 15 is 0 Å². The molecule has 19 heavy (non-hydrogen) atoms. The monoisotopic (exact) mass is 264 g/mol. The summed E-state index contributed by atoms with van der Waals surface area (Å²) in [5, 5.41) is 22.2. The van der Waals surface area contributed by atoms with Crippen LogP contribution >= 0.6 is 0 Å². The van der Waals surface area contributed by atoms with Crippen LogP contribution in [0.25, 0.3) is 0 Å². The lowest BCUT2D eigenvalue weighted by atomic mass is 9.92. The number of hydrogen-bond acceptors (Lipinski definition) is 5. The van der Waals surface area contributed by atoms with Crippen LogP contribution in [0.4, 0.5) is 0 Å². The van der Waals surface area contributed by atoms with Crippen LogP contribution in [0.1, 0.15) is 43.2 Å². The quantitative estimate of drug-likeness (QED) is 0.815. The summed E-state index contributed by atoms with van der Waals surface area (Å²) in [7, 11) is 0. The Morgan fingerprint density at radius 1 is 1.53 bits per heavy atom. The van der Waals surface area contributed by atoms with Gasteiger partial charge in [-0.05, 0) is 11.8 Å². The van der Waals surface area contributed by atoms with Crippen molar-refractivity contribution < 1.29 is 9.90 Å². The Hall–Kier alpha value is -2.36. The molecule has 1 rings (SSSR count). The van der Waals surface area contributed by atoms with E-state index in [0.717, 1.165) is 4.68 Å². The molecule has 7 heteroatoms. The number of nitriles is 1. The van der Waals surface area contributed by atoms with Crippen molar-refractivity contribution in [1.82, 2.24) is 9.78 Å². The van der Waals surface area contributed by atoms with E-state index in [-0.39, 0.29) is 12.0 Å². The van der Waals surface area contributed by atoms with Gasteiger partial charge in [0.1, 0.15) is 6.07 Å². The predicted molar refractivity (Wildman–Crippen MR) is 67.5 cm³/mol. The van der Waals surface area contributed by atoms with Gasteiger partial charge in [-0.1, -0.05) is 20.8 Å². The molecule has 1 heterocycles. The van der Waals surface area contributed by atoms with Gasteiger partial charge in [-0.3, -0.25) is 9.59 Å². The molecule has 0 atom stereocenters. The number of nitrogens with zero attached hydrogens (tertiary/aromatic N) is 3. The summed E-state index contributed by atoms with van der Waals surface area (Å²) < 4.78 is 0.990. The van der Waals surface area contributed by atoms with E-state index in [2.05, 4.69) is 5.10 Å². The Morgan fingerprint density at radius 2 is 2.11 bits per heavy atom. The molecule has 0 saturated carbocycles. The molecule has 0 unspecified atom stereocenters. The summed E-state index contributed by atoms with van der Waals surface area (Å²) in [6.07, 6.45) is 0.619. The number of amides is 1. The second-order valence-corrected chi connectivity index (χ2v) is 5.39. The fourth-order valence-electron chi connectivity index (χ4n) is 1.42. The molecule has 3 N–H and O–H groups in total. The van der Waals surface area contributed by atoms with Crippen molar-refractivity contribution in [2.24, 2.45) is 11.1 Å². The molecular formula is C12H16N4O3. The summed E-state index contributed by atoms with van der Waals surface area (Å²) in [5.41, 5.74) is 3.30. The Labute approximate surface area is 110 Å². The van der Waals surface area contributed by atoms with Gasteiger partial charge in [0.25, 0.3) is 11.5 Å². The Balaban J connectivity index is 3.34. The molecule has 0 aliphatic carbocycles. The van der Waals surface area contributed by atoms with Crippen LogP contribution in [0.5, 0.6) is 5.75 Å². The highest BCUT2D eigenvalue weighted by molar-refractivity contribution is 5.93. The minimum absolute atomic E-state index is 0.0430. The molecule has 0 bridgehead atoms. The van der Waals surface area contributed by atoms with Crippen molar-refractivity contribution in [1.29, 1.82) is 5.26 Å². The third-order valence-electron chi connectivity index (χ3n) is 2.55. The second kappa shape index (κ2) is 5.10. The maximum Gasteiger partial charge on any atom is 0.288 e. The first-order valence-corrected chi connectivity index (χ1v) is 5.71. The zero-order valence-electron chi connectivity index (χ0n) is 11.1. The van der Waals surface area contributed by atoms with Crippen molar-refractivity contribution in [3.8, 4) is 11.8 Å². The van der Waals surface area contributed by atoms with Crippen molar-refractivity contribution in [3.05, 3.63) is 21.6 Å². The largest absolute Gasteiger partial charge is 0.504 e. The van der Waals surface area contributed by atoms with Crippen LogP contribution in [0.3, 0.4) is 0 Å². The van der Waals surface area contributed by atoms with Gasteiger partial charge in [0, 0.05) is 6.54 Å². The molecule has 1 aromatic heterocycles. The molecule has 0 saturated heterocycles. The molecule has 7 nitrogen and oxygen atoms in total. The molecule has 102 valence electrons. The lowest BCUT2D eigenvalue weighted by Crippen LogP contribution is -2.30. The van der Waals surface area contributed by atoms with E-state index in [4.69, 9.17) is 11.0 Å². The number of carbonyl (C=O) groups is 1. The van der Waals surface area contributed by atoms with Gasteiger partial charge in [0.05, 0.1) is 0 Å². The average molecular weight is 264 g/mol. The Morgan fingerprint density at radius 3 is 2.53 bits per heavy atom. The fourth-order valence-corrected chi connectivity index (χ4v) is 1.42. The van der Waals surface area contributed by atoms with E-state index < -0.39 is 28.5 Å². The second-order valence-electron chi connectivity index (χ2n) is 5.39. The molecule has 0 aliphatic rings. The van der Waals surface area contributed by atoms with Crippen LogP contribution in [0.2, 0.25) is 0 Å². The summed E-state index contributed by atoms with van der Waals surface area (Å²) in [4.78, 5) is 23.0. The fraction of sp³-hybridized carbons (Fsp3) is 0.500. The first-order valence-electron chi connectivity index (χ1n) is 5.71. The summed E-state index contributed by atoms with van der Waals surface area (Å²) >= 11 is 0. The smallest absolute Gasteiger partial charge is 0.288 e. The molecule has 0 fully saturated rings. The van der Waals surface area contributed by atoms with Crippen molar-refractivity contribution in [3.63, 3.8) is 0 Å². The van der Waals surface area contributed by atoms with Crippen LogP contribution in [0.15, 0.2) is 4.79 Å². The van der Waals surface area contributed by atoms with E-state index in [9.17, 15) is 14.7 Å². The van der Waals surface area contributed by atoms with E-state index in [1.807, 2.05) is 20.8 Å². The number of hydrogen-bond donors (Lipinski definition) is 2. The van der Waals surface area contributed by atoms with Crippen molar-refractivity contribution in [2.75, 3.05) is 0 Å². The van der Waals surface area contributed by atoms with Gasteiger partial charge in [-0.2, -0.15) is 10.4 Å². The molecular weight excluding hydrogens is 248 g/mol. The summed E-state index contributed by atoms with van der Waals surface area (Å²) in [6, 6.07) is 1.57. The van der Waals surface area contributed by atoms with E-state index in [0.29, 0.717) is 6.42 Å². The van der Waals surface area contributed by atoms with Gasteiger partial charge in [0.2, 0.25) is 0 Å². The third kappa shape index (κ3) is 3.31. The number of aromatic nitrogens is 2. The first-order chi connectivity index (χ1) is 8.67. The number of nitrogens with two attached hydrogens (primary N) is 1. The lowest BCUT2D eigenvalue weighted by molar-refractivity contribution is 0.0989. The van der Waals surface area contributed by atoms with Crippen LogP contribution in [-0.4, -0.2) is 20.8 Å². The van der Waals surface area contributed by atoms with Crippen molar-refractivity contribution >= 4 is 5.91 Å². The molecule has 1 amide bonds. The molecule has 0 aromatic carbocycles. The maximum absolute atomic E-state index is 11.9. The lowest BCUT2D eigenvalue weighted by Gasteiger charge is -2.18. The first kappa shape index (κ1) is 14.7. The summed E-state index contributed by atoms with van der Waals surface area (Å²) in [6.45, 7) is 6.19. The number of primary amides is 1. The molecule has 0 radical (unpaired) electrons. The minimum atomic E-state index is -0.987. The highest BCUT2D eigenvalue weighted by Gasteiger charge is 2.21. The highest BCUT2D eigenvalue weighted by atomic mass is 16.3. The Kier molecular flexibility index (Phi) is 3.95. The molecule has 1 aromatic rings. The third-order valence-corrected chi connectivity index (χ3v) is 2.55. The number of aromatic hydroxyl groups is 1. The van der Waals surface area contributed by atoms with Gasteiger partial charge in [0.15, 0.2) is 17.0 Å². The van der Waals surface area contributed by atoms with E-state index in [1.165, 1.54) is 0 Å². The standard InChI is InChI=1S/C12H16N4O3/c1-12(2,3)4-5-16-11(19)7(6-13)9(17)8(15-16)10(14)18/h17H,4-5H2,1-3H3,(H2,14,18). The van der Waals surface area contributed by atoms with Crippen LogP contribution in [0, 0.1) is 16.7 Å². The predicted octanol–water partition coefficient (Wildman–Crippen LogP) is 0.356. The Bertz CT molecular complexity index is 605. The van der Waals surface area contributed by atoms with Gasteiger partial charge in [-0.15, -0.1) is 0 Å². The average Bonchev–Trinajstić information content (AvgIpc) is 2.27. The highest BCUT2D eigenvalue weighted by Crippen LogP contribution is 2.20. The SMILES string of the molecule is CC(C)(C)CCn1nc(C(N)=O)c(O)c(C#N)c1=O. The maximum atomic E-state index is 11.9. The molecule has 0 aliphatic heterocycles. The topological polar surface area (TPSA) is 122 Å². The number of rotatable bonds is 3. The zero-order chi connectivity index (χ0) is 14.8. The van der Waals surface area contributed by atoms with E-state index in [1.54, 1.807) is 6.07 Å². The minimum Gasteiger partial charge on any atom is -0.504 e. The summed E-state index contributed by atoms with van der Waals surface area (Å²) in [5.74, 6) is -1.74. The normalized spacial score (nSPS) is 11.1. The number of aryl methyl sites for hydroxylation is 1. The van der Waals surface area contributed by atoms with Gasteiger partial charge in [-0.25, -0.2) is 4.68 Å². The van der Waals surface area contributed by atoms with Crippen LogP contribution < -0.4 is 11.3 Å². The van der Waals surface area contributed by atoms with Gasteiger partial charge < -0.3 is 10.8 Å². The molecule has 0 spiro atoms. The van der Waals surface area contributed by atoms with Gasteiger partial charge >= 0.3 is 0 Å². The number of carbonyl (C=O) groups excluding carboxylic acids is 1. The van der Waals surface area contributed by atoms with Crippen molar-refractivity contribution in [2.45, 2.75) is 33.7 Å².